The first-order valence-electron chi connectivity index (χ1n) is 9.75. The van der Waals surface area contributed by atoms with Crippen LogP contribution in [0.25, 0.3) is 10.8 Å². The average molecular weight is 614 g/mol. The largest absolute Gasteiger partial charge is 0.368 e. The van der Waals surface area contributed by atoms with Gasteiger partial charge >= 0.3 is 0 Å². The van der Waals surface area contributed by atoms with Crippen LogP contribution in [-0.2, 0) is 39.6 Å². The second-order valence-corrected chi connectivity index (χ2v) is 12.6. The number of hydrogen-bond acceptors (Lipinski definition) is 16. The minimum Gasteiger partial charge on any atom is -0.368 e. The average Bonchev–Trinajstić information content (AvgIpc) is 2.77. The molecule has 0 fully saturated rings. The summed E-state index contributed by atoms with van der Waals surface area (Å²) in [6.45, 7) is 0.0731. The van der Waals surface area contributed by atoms with Crippen LogP contribution < -0.4 is 21.1 Å². The van der Waals surface area contributed by atoms with E-state index in [0.717, 1.165) is 24.5 Å². The van der Waals surface area contributed by atoms with E-state index in [1.807, 2.05) is 0 Å². The number of aromatic nitrogens is 3. The van der Waals surface area contributed by atoms with Crippen molar-refractivity contribution in [2.75, 3.05) is 35.7 Å². The maximum atomic E-state index is 12.2. The van der Waals surface area contributed by atoms with Gasteiger partial charge in [-0.25, -0.2) is 18.4 Å². The van der Waals surface area contributed by atoms with Crippen LogP contribution in [0, 0.1) is 0 Å². The normalized spacial score (nSPS) is 12.5. The fourth-order valence-corrected chi connectivity index (χ4v) is 5.33. The van der Waals surface area contributed by atoms with E-state index >= 15 is 0 Å². The number of fused-ring (bicyclic) bond motifs is 1. The van der Waals surface area contributed by atoms with E-state index in [4.69, 9.17) is 11.0 Å². The van der Waals surface area contributed by atoms with Crippen LogP contribution in [0.2, 0.25) is 0 Å². The van der Waals surface area contributed by atoms with Crippen LogP contribution in [-0.4, -0.2) is 73.9 Å². The van der Waals surface area contributed by atoms with Crippen LogP contribution in [0.5, 0.6) is 0 Å². The highest BCUT2D eigenvalue weighted by Gasteiger charge is 2.22. The molecule has 1 heterocycles. The van der Waals surface area contributed by atoms with Crippen molar-refractivity contribution in [3.8, 4) is 0 Å². The van der Waals surface area contributed by atoms with E-state index in [9.17, 15) is 34.4 Å². The van der Waals surface area contributed by atoms with E-state index in [2.05, 4.69) is 39.7 Å². The van der Waals surface area contributed by atoms with Gasteiger partial charge in [0.05, 0.1) is 23.2 Å². The van der Waals surface area contributed by atoms with Gasteiger partial charge in [0.25, 0.3) is 20.2 Å². The van der Waals surface area contributed by atoms with Gasteiger partial charge in [-0.3, -0.25) is 9.11 Å². The van der Waals surface area contributed by atoms with E-state index < -0.39 is 40.1 Å². The van der Waals surface area contributed by atoms with Gasteiger partial charge in [-0.05, 0) is 24.3 Å². The van der Waals surface area contributed by atoms with Crippen molar-refractivity contribution in [2.45, 2.75) is 14.7 Å². The smallest absolute Gasteiger partial charge is 0.295 e. The Morgan fingerprint density at radius 3 is 2.21 bits per heavy atom. The summed E-state index contributed by atoms with van der Waals surface area (Å²) in [5.74, 6) is -0.525. The monoisotopic (exact) mass is 613 g/mol. The summed E-state index contributed by atoms with van der Waals surface area (Å²) >= 11 is 0.260. The molecule has 0 bridgehead atoms. The lowest BCUT2D eigenvalue weighted by molar-refractivity contribution is -0.432. The summed E-state index contributed by atoms with van der Waals surface area (Å²) in [5, 5.41) is 17.0. The molecule has 0 aliphatic carbocycles. The van der Waals surface area contributed by atoms with Gasteiger partial charge in [-0.1, -0.05) is 5.04 Å². The molecule has 0 spiro atoms. The second-order valence-electron chi connectivity index (χ2n) is 7.23. The fourth-order valence-electron chi connectivity index (χ4n) is 2.99. The molecule has 0 radical (unpaired) electrons. The summed E-state index contributed by atoms with van der Waals surface area (Å²) in [4.78, 5) is 10.1. The molecule has 3 rings (SSSR count). The third kappa shape index (κ3) is 8.03. The first-order chi connectivity index (χ1) is 17.6. The molecule has 0 amide bonds. The van der Waals surface area contributed by atoms with Crippen molar-refractivity contribution in [1.82, 2.24) is 19.7 Å². The lowest BCUT2D eigenvalue weighted by Gasteiger charge is -2.14. The number of nitrogens with two attached hydrogens (primary N) is 1. The molecule has 22 heteroatoms. The van der Waals surface area contributed by atoms with E-state index in [1.165, 1.54) is 6.07 Å². The van der Waals surface area contributed by atoms with Gasteiger partial charge in [0, 0.05) is 34.4 Å². The molecule has 3 aromatic rings. The Morgan fingerprint density at radius 1 is 0.921 bits per heavy atom. The van der Waals surface area contributed by atoms with Gasteiger partial charge in [0.1, 0.15) is 4.90 Å². The Labute approximate surface area is 219 Å². The number of nitrogens with one attached hydrogen (secondary N) is 3. The van der Waals surface area contributed by atoms with Crippen molar-refractivity contribution < 1.29 is 49.0 Å². The zero-order valence-electron chi connectivity index (χ0n) is 18.9. The lowest BCUT2D eigenvalue weighted by Crippen LogP contribution is -2.28. The van der Waals surface area contributed by atoms with Crippen molar-refractivity contribution in [1.29, 1.82) is 0 Å². The minimum atomic E-state index is -4.98. The quantitative estimate of drug-likeness (QED) is 0.0473. The van der Waals surface area contributed by atoms with Crippen LogP contribution in [0.1, 0.15) is 0 Å². The third-order valence-electron chi connectivity index (χ3n) is 4.38. The summed E-state index contributed by atoms with van der Waals surface area (Å²) in [7, 11) is -13.2. The molecule has 208 valence electrons. The van der Waals surface area contributed by atoms with Crippen molar-refractivity contribution in [2.24, 2.45) is 0 Å². The Balaban J connectivity index is 2.07. The van der Waals surface area contributed by atoms with Crippen molar-refractivity contribution >= 4 is 76.6 Å². The lowest BCUT2D eigenvalue weighted by atomic mass is 10.1. The number of nitrogen functional groups attached to an aromatic ring is 1. The van der Waals surface area contributed by atoms with Crippen LogP contribution >= 0.6 is 12.0 Å². The molecule has 0 unspecified atom stereocenters. The van der Waals surface area contributed by atoms with Gasteiger partial charge in [0.15, 0.2) is 0 Å². The van der Waals surface area contributed by atoms with Gasteiger partial charge in [-0.2, -0.15) is 31.8 Å². The first kappa shape index (κ1) is 29.6. The summed E-state index contributed by atoms with van der Waals surface area (Å²) in [6, 6.07) is 3.90. The standard InChI is InChI=1S/C16H19N7O11S4/c1-36(25,26)19-3-2-18-15-21-14(17)22-16(23-15)20-8-4-10-11(13(5-8)38(30,31)32)6-9(37(27,28)29)7-12(10)35-34-33-24/h4-7,19,24H,2-3H2,1H3,(H,27,28,29)(H,30,31,32)(H4,17,18,20,21,22,23). The van der Waals surface area contributed by atoms with Crippen molar-refractivity contribution in [3.63, 3.8) is 0 Å². The first-order valence-corrected chi connectivity index (χ1v) is 15.3. The van der Waals surface area contributed by atoms with Gasteiger partial charge in [0.2, 0.25) is 27.9 Å². The number of rotatable bonds is 12. The third-order valence-corrected chi connectivity index (χ3v) is 7.48. The molecule has 0 aliphatic rings. The number of sulfonamides is 1. The SMILES string of the molecule is CS(=O)(=O)NCCNc1nc(N)nc(Nc2cc(S(=O)(=O)O)c3cc(S(=O)(=O)O)cc(SOOO)c3c2)n1. The number of benzene rings is 2. The molecule has 0 atom stereocenters. The predicted octanol–water partition coefficient (Wildman–Crippen LogP) is 0.233. The molecule has 0 aliphatic heterocycles. The Morgan fingerprint density at radius 2 is 1.61 bits per heavy atom. The highest BCUT2D eigenvalue weighted by molar-refractivity contribution is 7.95. The van der Waals surface area contributed by atoms with Crippen LogP contribution in [0.3, 0.4) is 0 Å². The summed E-state index contributed by atoms with van der Waals surface area (Å²) in [6.07, 6.45) is 0.983. The fraction of sp³-hybridized carbons (Fsp3) is 0.188. The van der Waals surface area contributed by atoms with Gasteiger partial charge in [-0.15, -0.1) is 4.33 Å². The predicted molar refractivity (Wildman–Crippen MR) is 133 cm³/mol. The highest BCUT2D eigenvalue weighted by Crippen LogP contribution is 2.37. The van der Waals surface area contributed by atoms with Gasteiger partial charge < -0.3 is 16.4 Å². The molecule has 8 N–H and O–H groups in total. The Bertz CT molecular complexity index is 1680. The molecular formula is C16H19N7O11S4. The summed E-state index contributed by atoms with van der Waals surface area (Å²) in [5.41, 5.74) is 5.64. The Hall–Kier alpha value is -2.93. The van der Waals surface area contributed by atoms with Crippen molar-refractivity contribution in [3.05, 3.63) is 24.3 Å². The van der Waals surface area contributed by atoms with E-state index in [1.54, 1.807) is 0 Å². The van der Waals surface area contributed by atoms with Crippen LogP contribution in [0.4, 0.5) is 23.5 Å². The topological polar surface area (TPSA) is 282 Å². The van der Waals surface area contributed by atoms with E-state index in [0.29, 0.717) is 0 Å². The maximum Gasteiger partial charge on any atom is 0.295 e. The molecule has 0 saturated carbocycles. The molecule has 1 aromatic heterocycles. The zero-order valence-corrected chi connectivity index (χ0v) is 22.1. The maximum absolute atomic E-state index is 12.2. The van der Waals surface area contributed by atoms with E-state index in [-0.39, 0.29) is 64.3 Å². The molecule has 38 heavy (non-hydrogen) atoms. The number of anilines is 4. The highest BCUT2D eigenvalue weighted by atomic mass is 32.2. The second kappa shape index (κ2) is 11.4. The number of nitrogens with zero attached hydrogens (tertiary/aromatic N) is 3. The zero-order chi connectivity index (χ0) is 28.3. The number of hydrogen-bond donors (Lipinski definition) is 7. The molecule has 0 saturated heterocycles. The molecule has 18 nitrogen and oxygen atoms in total. The minimum absolute atomic E-state index is 0.00118. The summed E-state index contributed by atoms with van der Waals surface area (Å²) < 4.78 is 95.9. The molecule has 2 aromatic carbocycles. The molecular weight excluding hydrogens is 594 g/mol. The Kier molecular flexibility index (Phi) is 8.92. The van der Waals surface area contributed by atoms with Crippen LogP contribution in [0.15, 0.2) is 39.0 Å².